The standard InChI is InChI=1S/C9H10ClNO2/c1-6(9(12)13-2)7-3-4-8(10)11-5-7/h3-6H,1-2H3. The van der Waals surface area contributed by atoms with Gasteiger partial charge in [0, 0.05) is 6.20 Å². The Balaban J connectivity index is 2.83. The highest BCUT2D eigenvalue weighted by atomic mass is 35.5. The van der Waals surface area contributed by atoms with Crippen LogP contribution < -0.4 is 0 Å². The van der Waals surface area contributed by atoms with E-state index in [-0.39, 0.29) is 11.9 Å². The molecule has 0 aliphatic carbocycles. The first kappa shape index (κ1) is 9.99. The Hall–Kier alpha value is -1.09. The quantitative estimate of drug-likeness (QED) is 0.540. The number of pyridine rings is 1. The fourth-order valence-corrected chi connectivity index (χ4v) is 1.07. The average molecular weight is 200 g/mol. The molecule has 0 aromatic carbocycles. The van der Waals surface area contributed by atoms with Crippen molar-refractivity contribution in [2.24, 2.45) is 0 Å². The van der Waals surface area contributed by atoms with Gasteiger partial charge in [-0.05, 0) is 18.6 Å². The van der Waals surface area contributed by atoms with Crippen LogP contribution in [0.2, 0.25) is 5.15 Å². The lowest BCUT2D eigenvalue weighted by Gasteiger charge is -2.08. The lowest BCUT2D eigenvalue weighted by Crippen LogP contribution is -2.10. The third-order valence-electron chi connectivity index (χ3n) is 1.81. The smallest absolute Gasteiger partial charge is 0.312 e. The molecule has 1 rings (SSSR count). The molecule has 0 N–H and O–H groups in total. The Bertz CT molecular complexity index is 297. The van der Waals surface area contributed by atoms with Crippen molar-refractivity contribution in [2.45, 2.75) is 12.8 Å². The first-order valence-electron chi connectivity index (χ1n) is 3.84. The number of carbonyl (C=O) groups is 1. The number of ether oxygens (including phenoxy) is 1. The van der Waals surface area contributed by atoms with E-state index in [1.165, 1.54) is 7.11 Å². The summed E-state index contributed by atoms with van der Waals surface area (Å²) < 4.78 is 4.60. The molecule has 0 saturated heterocycles. The van der Waals surface area contributed by atoms with Gasteiger partial charge in [-0.2, -0.15) is 0 Å². The first-order chi connectivity index (χ1) is 6.15. The van der Waals surface area contributed by atoms with E-state index >= 15 is 0 Å². The summed E-state index contributed by atoms with van der Waals surface area (Å²) >= 11 is 5.60. The van der Waals surface area contributed by atoms with E-state index in [1.807, 2.05) is 0 Å². The zero-order chi connectivity index (χ0) is 9.84. The van der Waals surface area contributed by atoms with Crippen LogP contribution in [-0.4, -0.2) is 18.1 Å². The predicted molar refractivity (Wildman–Crippen MR) is 49.7 cm³/mol. The molecular formula is C9H10ClNO2. The van der Waals surface area contributed by atoms with Gasteiger partial charge in [0.15, 0.2) is 0 Å². The summed E-state index contributed by atoms with van der Waals surface area (Å²) in [5.41, 5.74) is 0.802. The zero-order valence-corrected chi connectivity index (χ0v) is 8.21. The molecule has 0 aliphatic rings. The summed E-state index contributed by atoms with van der Waals surface area (Å²) in [6, 6.07) is 3.41. The molecule has 0 aliphatic heterocycles. The predicted octanol–water partition coefficient (Wildman–Crippen LogP) is 2.01. The second-order valence-corrected chi connectivity index (χ2v) is 3.05. The van der Waals surface area contributed by atoms with Crippen LogP contribution in [0.25, 0.3) is 0 Å². The second kappa shape index (κ2) is 4.23. The molecule has 1 heterocycles. The Morgan fingerprint density at radius 3 is 2.77 bits per heavy atom. The van der Waals surface area contributed by atoms with Gasteiger partial charge in [-0.25, -0.2) is 4.98 Å². The number of methoxy groups -OCH3 is 1. The minimum atomic E-state index is -0.297. The summed E-state index contributed by atoms with van der Waals surface area (Å²) in [4.78, 5) is 15.0. The summed E-state index contributed by atoms with van der Waals surface area (Å²) in [5.74, 6) is -0.570. The zero-order valence-electron chi connectivity index (χ0n) is 7.45. The number of aromatic nitrogens is 1. The van der Waals surface area contributed by atoms with Crippen LogP contribution in [0.4, 0.5) is 0 Å². The number of carbonyl (C=O) groups excluding carboxylic acids is 1. The molecule has 0 bridgehead atoms. The van der Waals surface area contributed by atoms with Gasteiger partial charge in [0.05, 0.1) is 13.0 Å². The van der Waals surface area contributed by atoms with Crippen molar-refractivity contribution in [2.75, 3.05) is 7.11 Å². The maximum Gasteiger partial charge on any atom is 0.312 e. The fourth-order valence-electron chi connectivity index (χ4n) is 0.956. The maximum atomic E-state index is 11.1. The minimum absolute atomic E-state index is 0.274. The van der Waals surface area contributed by atoms with Crippen molar-refractivity contribution in [3.05, 3.63) is 29.0 Å². The number of hydrogen-bond donors (Lipinski definition) is 0. The van der Waals surface area contributed by atoms with Gasteiger partial charge in [-0.15, -0.1) is 0 Å². The normalized spacial score (nSPS) is 12.2. The van der Waals surface area contributed by atoms with Crippen LogP contribution >= 0.6 is 11.6 Å². The van der Waals surface area contributed by atoms with E-state index in [0.29, 0.717) is 5.15 Å². The van der Waals surface area contributed by atoms with Gasteiger partial charge in [0.25, 0.3) is 0 Å². The molecule has 0 saturated carbocycles. The van der Waals surface area contributed by atoms with E-state index in [2.05, 4.69) is 9.72 Å². The van der Waals surface area contributed by atoms with Crippen molar-refractivity contribution < 1.29 is 9.53 Å². The largest absolute Gasteiger partial charge is 0.469 e. The van der Waals surface area contributed by atoms with Crippen molar-refractivity contribution in [1.29, 1.82) is 0 Å². The summed E-state index contributed by atoms with van der Waals surface area (Å²) in [6.45, 7) is 1.76. The van der Waals surface area contributed by atoms with Crippen LogP contribution in [-0.2, 0) is 9.53 Å². The second-order valence-electron chi connectivity index (χ2n) is 2.66. The van der Waals surface area contributed by atoms with Gasteiger partial charge < -0.3 is 4.74 Å². The van der Waals surface area contributed by atoms with Crippen molar-refractivity contribution in [1.82, 2.24) is 4.98 Å². The Labute approximate surface area is 81.7 Å². The molecule has 0 radical (unpaired) electrons. The molecule has 1 unspecified atom stereocenters. The number of halogens is 1. The highest BCUT2D eigenvalue weighted by Gasteiger charge is 2.15. The van der Waals surface area contributed by atoms with E-state index in [4.69, 9.17) is 11.6 Å². The van der Waals surface area contributed by atoms with Crippen LogP contribution in [0.1, 0.15) is 18.4 Å². The van der Waals surface area contributed by atoms with Crippen molar-refractivity contribution >= 4 is 17.6 Å². The molecule has 1 aromatic rings. The van der Waals surface area contributed by atoms with Gasteiger partial charge in [-0.1, -0.05) is 17.7 Å². The lowest BCUT2D eigenvalue weighted by molar-refractivity contribution is -0.141. The molecule has 1 aromatic heterocycles. The summed E-state index contributed by atoms with van der Waals surface area (Å²) in [6.07, 6.45) is 1.57. The molecule has 1 atom stereocenters. The molecule has 3 nitrogen and oxygen atoms in total. The number of nitrogens with zero attached hydrogens (tertiary/aromatic N) is 1. The van der Waals surface area contributed by atoms with Crippen molar-refractivity contribution in [3.8, 4) is 0 Å². The molecular weight excluding hydrogens is 190 g/mol. The monoisotopic (exact) mass is 199 g/mol. The molecule has 4 heteroatoms. The van der Waals surface area contributed by atoms with E-state index in [1.54, 1.807) is 25.3 Å². The van der Waals surface area contributed by atoms with Gasteiger partial charge in [-0.3, -0.25) is 4.79 Å². The average Bonchev–Trinajstić information content (AvgIpc) is 2.17. The van der Waals surface area contributed by atoms with Crippen LogP contribution in [0.15, 0.2) is 18.3 Å². The number of esters is 1. The molecule has 0 spiro atoms. The third-order valence-corrected chi connectivity index (χ3v) is 2.03. The molecule has 70 valence electrons. The Morgan fingerprint density at radius 1 is 1.62 bits per heavy atom. The number of rotatable bonds is 2. The summed E-state index contributed by atoms with van der Waals surface area (Å²) in [5, 5.41) is 0.417. The van der Waals surface area contributed by atoms with Gasteiger partial charge in [0.2, 0.25) is 0 Å². The third kappa shape index (κ3) is 2.42. The molecule has 13 heavy (non-hydrogen) atoms. The molecule has 0 fully saturated rings. The van der Waals surface area contributed by atoms with Crippen LogP contribution in [0.3, 0.4) is 0 Å². The Morgan fingerprint density at radius 2 is 2.31 bits per heavy atom. The van der Waals surface area contributed by atoms with Crippen LogP contribution in [0.5, 0.6) is 0 Å². The maximum absolute atomic E-state index is 11.1. The Kier molecular flexibility index (Phi) is 3.25. The highest BCUT2D eigenvalue weighted by Crippen LogP contribution is 2.16. The SMILES string of the molecule is COC(=O)C(C)c1ccc(Cl)nc1. The molecule has 0 amide bonds. The lowest BCUT2D eigenvalue weighted by atomic mass is 10.0. The minimum Gasteiger partial charge on any atom is -0.469 e. The van der Waals surface area contributed by atoms with E-state index in [0.717, 1.165) is 5.56 Å². The van der Waals surface area contributed by atoms with Crippen molar-refractivity contribution in [3.63, 3.8) is 0 Å². The van der Waals surface area contributed by atoms with Gasteiger partial charge >= 0.3 is 5.97 Å². The summed E-state index contributed by atoms with van der Waals surface area (Å²) in [7, 11) is 1.36. The van der Waals surface area contributed by atoms with E-state index < -0.39 is 0 Å². The number of hydrogen-bond acceptors (Lipinski definition) is 3. The highest BCUT2D eigenvalue weighted by molar-refractivity contribution is 6.29. The van der Waals surface area contributed by atoms with Crippen LogP contribution in [0, 0.1) is 0 Å². The fraction of sp³-hybridized carbons (Fsp3) is 0.333. The van der Waals surface area contributed by atoms with Gasteiger partial charge in [0.1, 0.15) is 5.15 Å². The topological polar surface area (TPSA) is 39.2 Å². The van der Waals surface area contributed by atoms with E-state index in [9.17, 15) is 4.79 Å². The first-order valence-corrected chi connectivity index (χ1v) is 4.22.